The molecule has 0 bridgehead atoms. The van der Waals surface area contributed by atoms with Gasteiger partial charge in [0.1, 0.15) is 11.5 Å². The zero-order valence-electron chi connectivity index (χ0n) is 15.5. The number of amides is 1. The molecular weight excluding hydrogens is 336 g/mol. The number of hydrogen-bond donors (Lipinski definition) is 2. The molecule has 1 aromatic heterocycles. The Morgan fingerprint density at radius 2 is 2.00 bits per heavy atom. The molecule has 2 heterocycles. The van der Waals surface area contributed by atoms with E-state index in [0.717, 1.165) is 25.3 Å². The Hall–Kier alpha value is -3.34. The van der Waals surface area contributed by atoms with E-state index in [1.807, 2.05) is 19.1 Å². The summed E-state index contributed by atoms with van der Waals surface area (Å²) in [7, 11) is 0. The minimum absolute atomic E-state index is 0.289. The summed E-state index contributed by atoms with van der Waals surface area (Å²) in [5, 5.41) is 2.81. The summed E-state index contributed by atoms with van der Waals surface area (Å²) in [6, 6.07) is 13.9. The van der Waals surface area contributed by atoms with Gasteiger partial charge in [-0.3, -0.25) is 4.79 Å². The van der Waals surface area contributed by atoms with Crippen LogP contribution in [0.3, 0.4) is 0 Å². The number of fused-ring (bicyclic) bond motifs is 1. The number of aromatic nitrogens is 1. The van der Waals surface area contributed by atoms with Gasteiger partial charge in [-0.25, -0.2) is 4.98 Å². The maximum atomic E-state index is 12.6. The second-order valence-corrected chi connectivity index (χ2v) is 6.34. The van der Waals surface area contributed by atoms with Crippen LogP contribution in [-0.2, 0) is 13.0 Å². The Balaban J connectivity index is 1.77. The molecule has 5 heteroatoms. The van der Waals surface area contributed by atoms with Crippen molar-refractivity contribution in [3.05, 3.63) is 95.5 Å². The minimum atomic E-state index is -0.289. The van der Waals surface area contributed by atoms with E-state index in [2.05, 4.69) is 46.0 Å². The van der Waals surface area contributed by atoms with Crippen molar-refractivity contribution in [2.24, 2.45) is 5.73 Å². The van der Waals surface area contributed by atoms with Gasteiger partial charge in [0.15, 0.2) is 0 Å². The number of nitrogens with two attached hydrogens (primary N) is 1. The summed E-state index contributed by atoms with van der Waals surface area (Å²) in [5.74, 6) is 0.511. The number of hydrogen-bond acceptors (Lipinski definition) is 4. The number of nitrogens with one attached hydrogen (secondary N) is 1. The van der Waals surface area contributed by atoms with Crippen LogP contribution in [0.2, 0.25) is 0 Å². The molecule has 0 fully saturated rings. The smallest absolute Gasteiger partial charge is 0.274 e. The van der Waals surface area contributed by atoms with Crippen molar-refractivity contribution in [2.75, 3.05) is 11.4 Å². The highest BCUT2D eigenvalue weighted by Gasteiger charge is 2.18. The molecule has 0 saturated carbocycles. The van der Waals surface area contributed by atoms with Gasteiger partial charge in [0.25, 0.3) is 5.91 Å². The lowest BCUT2D eigenvalue weighted by Crippen LogP contribution is -2.32. The van der Waals surface area contributed by atoms with Gasteiger partial charge in [-0.15, -0.1) is 0 Å². The van der Waals surface area contributed by atoms with Gasteiger partial charge in [0, 0.05) is 13.1 Å². The van der Waals surface area contributed by atoms with Crippen molar-refractivity contribution >= 4 is 11.7 Å². The Labute approximate surface area is 159 Å². The highest BCUT2D eigenvalue weighted by molar-refractivity contribution is 5.94. The van der Waals surface area contributed by atoms with E-state index < -0.39 is 0 Å². The van der Waals surface area contributed by atoms with Crippen LogP contribution in [0.25, 0.3) is 0 Å². The normalized spacial score (nSPS) is 14.5. The summed E-state index contributed by atoms with van der Waals surface area (Å²) in [4.78, 5) is 19.4. The number of benzene rings is 1. The van der Waals surface area contributed by atoms with Gasteiger partial charge >= 0.3 is 0 Å². The fourth-order valence-corrected chi connectivity index (χ4v) is 3.13. The number of nitrogens with zero attached hydrogens (tertiary/aromatic N) is 2. The Bertz CT molecular complexity index is 914. The lowest BCUT2D eigenvalue weighted by Gasteiger charge is -2.30. The SMILES string of the molecule is C=C/C=C(N)\C(=C/C)NC(=O)c1cccc(N2CCc3ccccc3C2)n1. The van der Waals surface area contributed by atoms with E-state index >= 15 is 0 Å². The molecule has 1 amide bonds. The summed E-state index contributed by atoms with van der Waals surface area (Å²) in [5.41, 5.74) is 9.97. The second kappa shape index (κ2) is 8.36. The highest BCUT2D eigenvalue weighted by atomic mass is 16.1. The van der Waals surface area contributed by atoms with Crippen molar-refractivity contribution in [3.8, 4) is 0 Å². The average Bonchev–Trinajstić information content (AvgIpc) is 2.71. The molecule has 5 nitrogen and oxygen atoms in total. The van der Waals surface area contributed by atoms with Gasteiger partial charge in [-0.05, 0) is 42.7 Å². The first kappa shape index (κ1) is 18.5. The minimum Gasteiger partial charge on any atom is -0.397 e. The van der Waals surface area contributed by atoms with E-state index in [0.29, 0.717) is 17.1 Å². The number of carbonyl (C=O) groups is 1. The van der Waals surface area contributed by atoms with Crippen LogP contribution in [0.1, 0.15) is 28.5 Å². The van der Waals surface area contributed by atoms with Gasteiger partial charge < -0.3 is 16.0 Å². The summed E-state index contributed by atoms with van der Waals surface area (Å²) < 4.78 is 0. The van der Waals surface area contributed by atoms with Crippen molar-refractivity contribution in [1.29, 1.82) is 0 Å². The zero-order valence-corrected chi connectivity index (χ0v) is 15.5. The van der Waals surface area contributed by atoms with E-state index in [-0.39, 0.29) is 5.91 Å². The quantitative estimate of drug-likeness (QED) is 0.803. The number of carbonyl (C=O) groups excluding carboxylic acids is 1. The van der Waals surface area contributed by atoms with Crippen LogP contribution in [-0.4, -0.2) is 17.4 Å². The monoisotopic (exact) mass is 360 g/mol. The van der Waals surface area contributed by atoms with Crippen LogP contribution in [0.4, 0.5) is 5.82 Å². The molecule has 3 N–H and O–H groups in total. The van der Waals surface area contributed by atoms with Gasteiger partial charge in [-0.1, -0.05) is 49.1 Å². The summed E-state index contributed by atoms with van der Waals surface area (Å²) >= 11 is 0. The molecule has 138 valence electrons. The van der Waals surface area contributed by atoms with Crippen LogP contribution in [0.15, 0.2) is 78.7 Å². The molecule has 3 rings (SSSR count). The fourth-order valence-electron chi connectivity index (χ4n) is 3.13. The van der Waals surface area contributed by atoms with E-state index in [4.69, 9.17) is 5.73 Å². The molecular formula is C22H24N4O. The Morgan fingerprint density at radius 1 is 1.22 bits per heavy atom. The molecule has 2 aromatic rings. The predicted octanol–water partition coefficient (Wildman–Crippen LogP) is 3.31. The first-order valence-electron chi connectivity index (χ1n) is 8.97. The van der Waals surface area contributed by atoms with Gasteiger partial charge in [0.05, 0.1) is 11.4 Å². The van der Waals surface area contributed by atoms with E-state index in [1.165, 1.54) is 11.1 Å². The zero-order chi connectivity index (χ0) is 19.2. The molecule has 1 aliphatic rings. The van der Waals surface area contributed by atoms with Crippen LogP contribution in [0, 0.1) is 0 Å². The van der Waals surface area contributed by atoms with Crippen molar-refractivity contribution in [3.63, 3.8) is 0 Å². The molecule has 1 aromatic carbocycles. The molecule has 0 unspecified atom stereocenters. The topological polar surface area (TPSA) is 71.2 Å². The molecule has 0 aliphatic carbocycles. The largest absolute Gasteiger partial charge is 0.397 e. The first-order chi connectivity index (χ1) is 13.1. The third-order valence-electron chi connectivity index (χ3n) is 4.57. The van der Waals surface area contributed by atoms with Crippen molar-refractivity contribution in [1.82, 2.24) is 10.3 Å². The molecule has 0 saturated heterocycles. The fraction of sp³-hybridized carbons (Fsp3) is 0.182. The summed E-state index contributed by atoms with van der Waals surface area (Å²) in [6.45, 7) is 7.11. The second-order valence-electron chi connectivity index (χ2n) is 6.34. The number of anilines is 1. The maximum Gasteiger partial charge on any atom is 0.274 e. The first-order valence-corrected chi connectivity index (χ1v) is 8.97. The highest BCUT2D eigenvalue weighted by Crippen LogP contribution is 2.23. The predicted molar refractivity (Wildman–Crippen MR) is 109 cm³/mol. The number of pyridine rings is 1. The molecule has 0 spiro atoms. The average molecular weight is 360 g/mol. The molecule has 0 radical (unpaired) electrons. The Morgan fingerprint density at radius 3 is 2.74 bits per heavy atom. The van der Waals surface area contributed by atoms with Crippen molar-refractivity contribution in [2.45, 2.75) is 19.9 Å². The number of rotatable bonds is 5. The van der Waals surface area contributed by atoms with Crippen LogP contribution >= 0.6 is 0 Å². The third kappa shape index (κ3) is 4.26. The van der Waals surface area contributed by atoms with Gasteiger partial charge in [-0.2, -0.15) is 0 Å². The molecule has 27 heavy (non-hydrogen) atoms. The van der Waals surface area contributed by atoms with E-state index in [1.54, 1.807) is 24.3 Å². The number of allylic oxidation sites excluding steroid dienone is 3. The van der Waals surface area contributed by atoms with Gasteiger partial charge in [0.2, 0.25) is 0 Å². The van der Waals surface area contributed by atoms with Crippen LogP contribution in [0.5, 0.6) is 0 Å². The summed E-state index contributed by atoms with van der Waals surface area (Å²) in [6.07, 6.45) is 5.95. The Kier molecular flexibility index (Phi) is 5.71. The lowest BCUT2D eigenvalue weighted by atomic mass is 10.00. The molecule has 1 aliphatic heterocycles. The van der Waals surface area contributed by atoms with E-state index in [9.17, 15) is 4.79 Å². The maximum absolute atomic E-state index is 12.6. The third-order valence-corrected chi connectivity index (χ3v) is 4.57. The molecule has 0 atom stereocenters. The lowest BCUT2D eigenvalue weighted by molar-refractivity contribution is 0.0961. The standard InChI is InChI=1S/C22H24N4O/c1-3-8-18(23)19(4-2)25-22(27)20-11-7-12-21(24-20)26-14-13-16-9-5-6-10-17(16)15-26/h3-12H,1,13-15,23H2,2H3,(H,25,27)/b18-8+,19-4+. The van der Waals surface area contributed by atoms with Crippen molar-refractivity contribution < 1.29 is 4.79 Å². The van der Waals surface area contributed by atoms with Crippen LogP contribution < -0.4 is 16.0 Å².